The van der Waals surface area contributed by atoms with Crippen LogP contribution in [0, 0.1) is 13.8 Å². The summed E-state index contributed by atoms with van der Waals surface area (Å²) in [5.41, 5.74) is 3.00. The number of rotatable bonds is 4. The summed E-state index contributed by atoms with van der Waals surface area (Å²) in [5.74, 6) is -1.18. The molecule has 0 unspecified atom stereocenters. The Morgan fingerprint density at radius 3 is 2.14 bits per heavy atom. The van der Waals surface area contributed by atoms with Gasteiger partial charge in [-0.3, -0.25) is 14.4 Å². The third-order valence-electron chi connectivity index (χ3n) is 6.65. The molecule has 2 aliphatic rings. The topological polar surface area (TPSA) is 95.1 Å². The molecular weight excluding hydrogens is 478 g/mol. The summed E-state index contributed by atoms with van der Waals surface area (Å²) in [6.45, 7) is 4.53. The maximum Gasteiger partial charge on any atom is 0.266 e. The van der Waals surface area contributed by atoms with Crippen LogP contribution in [0.15, 0.2) is 71.6 Å². The van der Waals surface area contributed by atoms with Crippen molar-refractivity contribution in [2.24, 2.45) is 0 Å². The number of benzene rings is 3. The van der Waals surface area contributed by atoms with E-state index in [1.54, 1.807) is 47.4 Å². The minimum absolute atomic E-state index is 0.172. The van der Waals surface area contributed by atoms with Crippen molar-refractivity contribution < 1.29 is 22.8 Å². The lowest BCUT2D eigenvalue weighted by atomic mass is 10.0. The molecule has 8 nitrogen and oxygen atoms in total. The number of fused-ring (bicyclic) bond motifs is 1. The maximum atomic E-state index is 13.2. The van der Waals surface area contributed by atoms with Crippen LogP contribution < -0.4 is 4.90 Å². The highest BCUT2D eigenvalue weighted by Crippen LogP contribution is 2.32. The summed E-state index contributed by atoms with van der Waals surface area (Å²) in [6.07, 6.45) is 0. The van der Waals surface area contributed by atoms with Gasteiger partial charge in [0.1, 0.15) is 0 Å². The molecular formula is C27H25N3O5S. The third kappa shape index (κ3) is 4.00. The van der Waals surface area contributed by atoms with E-state index >= 15 is 0 Å². The zero-order valence-corrected chi connectivity index (χ0v) is 20.8. The first-order chi connectivity index (χ1) is 17.2. The first-order valence-corrected chi connectivity index (χ1v) is 13.1. The minimum atomic E-state index is -3.63. The van der Waals surface area contributed by atoms with Crippen LogP contribution in [0.1, 0.15) is 42.2 Å². The Morgan fingerprint density at radius 1 is 0.778 bits per heavy atom. The van der Waals surface area contributed by atoms with Gasteiger partial charge >= 0.3 is 0 Å². The van der Waals surface area contributed by atoms with Gasteiger partial charge in [-0.2, -0.15) is 4.31 Å². The molecule has 3 amide bonds. The number of aryl methyl sites for hydroxylation is 2. The molecule has 0 aromatic heterocycles. The summed E-state index contributed by atoms with van der Waals surface area (Å²) in [7, 11) is -3.63. The monoisotopic (exact) mass is 503 g/mol. The lowest BCUT2D eigenvalue weighted by molar-refractivity contribution is 0.0697. The number of nitrogens with zero attached hydrogens (tertiary/aromatic N) is 3. The van der Waals surface area contributed by atoms with Crippen molar-refractivity contribution in [1.82, 2.24) is 9.21 Å². The van der Waals surface area contributed by atoms with Crippen molar-refractivity contribution >= 4 is 33.4 Å². The van der Waals surface area contributed by atoms with Gasteiger partial charge in [-0.25, -0.2) is 13.3 Å². The van der Waals surface area contributed by atoms with Gasteiger partial charge < -0.3 is 4.90 Å². The molecule has 0 aliphatic carbocycles. The van der Waals surface area contributed by atoms with Gasteiger partial charge in [0.15, 0.2) is 0 Å². The number of anilines is 1. The van der Waals surface area contributed by atoms with E-state index in [2.05, 4.69) is 0 Å². The molecule has 1 saturated heterocycles. The molecule has 0 atom stereocenters. The van der Waals surface area contributed by atoms with Gasteiger partial charge in [-0.15, -0.1) is 0 Å². The molecule has 184 valence electrons. The van der Waals surface area contributed by atoms with Crippen LogP contribution in [0.4, 0.5) is 5.69 Å². The van der Waals surface area contributed by atoms with Gasteiger partial charge in [-0.05, 0) is 61.4 Å². The van der Waals surface area contributed by atoms with E-state index in [-0.39, 0.29) is 53.7 Å². The Balaban J connectivity index is 1.33. The fraction of sp³-hybridized carbons (Fsp3) is 0.222. The quantitative estimate of drug-likeness (QED) is 0.510. The summed E-state index contributed by atoms with van der Waals surface area (Å²) >= 11 is 0. The molecule has 2 heterocycles. The molecule has 0 N–H and O–H groups in total. The number of amides is 3. The Labute approximate surface area is 209 Å². The molecule has 36 heavy (non-hydrogen) atoms. The zero-order chi connectivity index (χ0) is 25.6. The van der Waals surface area contributed by atoms with E-state index in [4.69, 9.17) is 0 Å². The lowest BCUT2D eigenvalue weighted by Crippen LogP contribution is -2.50. The summed E-state index contributed by atoms with van der Waals surface area (Å²) in [4.78, 5) is 42.4. The van der Waals surface area contributed by atoms with E-state index in [1.165, 1.54) is 16.4 Å². The highest BCUT2D eigenvalue weighted by atomic mass is 32.2. The van der Waals surface area contributed by atoms with Crippen molar-refractivity contribution in [3.05, 3.63) is 94.5 Å². The predicted octanol–water partition coefficient (Wildman–Crippen LogP) is 3.25. The molecule has 3 aromatic carbocycles. The number of imide groups is 1. The average molecular weight is 504 g/mol. The second-order valence-corrected chi connectivity index (χ2v) is 10.9. The largest absolute Gasteiger partial charge is 0.336 e. The number of carbonyl (C=O) groups excluding carboxylic acids is 3. The average Bonchev–Trinajstić information content (AvgIpc) is 3.14. The van der Waals surface area contributed by atoms with Gasteiger partial charge in [0.2, 0.25) is 10.0 Å². The molecule has 5 rings (SSSR count). The van der Waals surface area contributed by atoms with Crippen molar-refractivity contribution in [3.8, 4) is 0 Å². The van der Waals surface area contributed by atoms with Gasteiger partial charge in [0, 0.05) is 31.7 Å². The summed E-state index contributed by atoms with van der Waals surface area (Å²) < 4.78 is 27.1. The molecule has 9 heteroatoms. The van der Waals surface area contributed by atoms with Gasteiger partial charge in [0.25, 0.3) is 17.7 Å². The van der Waals surface area contributed by atoms with Gasteiger partial charge in [0.05, 0.1) is 21.7 Å². The smallest absolute Gasteiger partial charge is 0.266 e. The van der Waals surface area contributed by atoms with Crippen LogP contribution in [0.3, 0.4) is 0 Å². The molecule has 0 spiro atoms. The lowest BCUT2D eigenvalue weighted by Gasteiger charge is -2.34. The van der Waals surface area contributed by atoms with Crippen molar-refractivity contribution in [1.29, 1.82) is 0 Å². The predicted molar refractivity (Wildman–Crippen MR) is 135 cm³/mol. The molecule has 3 aromatic rings. The number of sulfonamides is 1. The molecule has 1 fully saturated rings. The van der Waals surface area contributed by atoms with E-state index in [9.17, 15) is 22.8 Å². The second-order valence-electron chi connectivity index (χ2n) is 9.01. The van der Waals surface area contributed by atoms with Crippen molar-refractivity contribution in [2.45, 2.75) is 18.7 Å². The van der Waals surface area contributed by atoms with Crippen LogP contribution in [0.25, 0.3) is 0 Å². The number of piperazine rings is 1. The second kappa shape index (κ2) is 9.00. The Kier molecular flexibility index (Phi) is 5.97. The molecule has 0 bridgehead atoms. The highest BCUT2D eigenvalue weighted by molar-refractivity contribution is 7.89. The summed E-state index contributed by atoms with van der Waals surface area (Å²) in [5, 5.41) is 0. The first-order valence-electron chi connectivity index (χ1n) is 11.6. The van der Waals surface area contributed by atoms with E-state index in [1.807, 2.05) is 26.0 Å². The fourth-order valence-electron chi connectivity index (χ4n) is 4.61. The van der Waals surface area contributed by atoms with Crippen LogP contribution in [-0.4, -0.2) is 61.5 Å². The van der Waals surface area contributed by atoms with Crippen LogP contribution in [0.2, 0.25) is 0 Å². The van der Waals surface area contributed by atoms with Gasteiger partial charge in [-0.1, -0.05) is 30.3 Å². The van der Waals surface area contributed by atoms with Crippen molar-refractivity contribution in [2.75, 3.05) is 31.1 Å². The molecule has 0 saturated carbocycles. The minimum Gasteiger partial charge on any atom is -0.336 e. The Morgan fingerprint density at radius 2 is 1.44 bits per heavy atom. The van der Waals surface area contributed by atoms with Crippen molar-refractivity contribution in [3.63, 3.8) is 0 Å². The molecule has 0 radical (unpaired) electrons. The standard InChI is InChI=1S/C27H25N3O5S/c1-18-8-9-19(2)24(16-18)30-26(32)22-11-10-20(17-23(22)27(30)33)25(31)28-12-14-29(15-13-28)36(34,35)21-6-4-3-5-7-21/h3-11,16-17H,12-15H2,1-2H3. The van der Waals surface area contributed by atoms with E-state index < -0.39 is 21.8 Å². The maximum absolute atomic E-state index is 13.2. The first kappa shape index (κ1) is 23.9. The fourth-order valence-corrected chi connectivity index (χ4v) is 6.05. The van der Waals surface area contributed by atoms with Crippen LogP contribution >= 0.6 is 0 Å². The SMILES string of the molecule is Cc1ccc(C)c(N2C(=O)c3ccc(C(=O)N4CCN(S(=O)(=O)c5ccccc5)CC4)cc3C2=O)c1. The van der Waals surface area contributed by atoms with E-state index in [0.29, 0.717) is 5.69 Å². The van der Waals surface area contributed by atoms with Crippen LogP contribution in [-0.2, 0) is 10.0 Å². The van der Waals surface area contributed by atoms with Crippen LogP contribution in [0.5, 0.6) is 0 Å². The third-order valence-corrected chi connectivity index (χ3v) is 8.56. The highest BCUT2D eigenvalue weighted by Gasteiger charge is 2.38. The Bertz CT molecular complexity index is 1490. The normalized spacial score (nSPS) is 16.4. The number of carbonyl (C=O) groups is 3. The van der Waals surface area contributed by atoms with E-state index in [0.717, 1.165) is 16.0 Å². The Hall–Kier alpha value is -3.82. The number of hydrogen-bond donors (Lipinski definition) is 0. The summed E-state index contributed by atoms with van der Waals surface area (Å²) in [6, 6.07) is 18.3. The number of hydrogen-bond acceptors (Lipinski definition) is 5. The molecule has 2 aliphatic heterocycles. The zero-order valence-electron chi connectivity index (χ0n) is 20.0.